The zero-order valence-electron chi connectivity index (χ0n) is 10.5. The maximum absolute atomic E-state index is 11.3. The van der Waals surface area contributed by atoms with Gasteiger partial charge in [0.15, 0.2) is 6.10 Å². The number of carboxylic acid groups (broad SMARTS) is 1. The molecule has 0 aromatic rings. The molecule has 0 aromatic carbocycles. The van der Waals surface area contributed by atoms with Gasteiger partial charge in [-0.2, -0.15) is 0 Å². The predicted octanol–water partition coefficient (Wildman–Crippen LogP) is 0.0582. The first kappa shape index (κ1) is 15.6. The highest BCUT2D eigenvalue weighted by Gasteiger charge is 2.24. The molecule has 0 amide bonds. The molecule has 0 bridgehead atoms. The summed E-state index contributed by atoms with van der Waals surface area (Å²) in [4.78, 5) is 32.0. The molecule has 0 aromatic heterocycles. The van der Waals surface area contributed by atoms with Crippen LogP contribution in [0.2, 0.25) is 0 Å². The van der Waals surface area contributed by atoms with E-state index >= 15 is 0 Å². The molecule has 98 valence electrons. The molecule has 0 aliphatic rings. The molecule has 0 heterocycles. The SMILES string of the molecule is C[N+](C)(C)CC(CC(=O)O)OC(=O)CCC=O. The van der Waals surface area contributed by atoms with Crippen LogP contribution in [0.3, 0.4) is 0 Å². The summed E-state index contributed by atoms with van der Waals surface area (Å²) in [5.41, 5.74) is 0. The summed E-state index contributed by atoms with van der Waals surface area (Å²) in [6.45, 7) is 0.416. The van der Waals surface area contributed by atoms with Crippen LogP contribution in [0.1, 0.15) is 19.3 Å². The van der Waals surface area contributed by atoms with Crippen LogP contribution in [0.5, 0.6) is 0 Å². The number of likely N-dealkylation sites (N-methyl/N-ethyl adjacent to an activating group) is 1. The second-order valence-electron chi connectivity index (χ2n) is 4.89. The van der Waals surface area contributed by atoms with Crippen molar-refractivity contribution in [3.8, 4) is 0 Å². The van der Waals surface area contributed by atoms with Gasteiger partial charge in [-0.1, -0.05) is 0 Å². The van der Waals surface area contributed by atoms with Gasteiger partial charge in [0, 0.05) is 6.42 Å². The Balaban J connectivity index is 4.32. The summed E-state index contributed by atoms with van der Waals surface area (Å²) in [5, 5.41) is 8.72. The third kappa shape index (κ3) is 9.50. The Labute approximate surface area is 101 Å². The van der Waals surface area contributed by atoms with E-state index in [-0.39, 0.29) is 19.3 Å². The Kier molecular flexibility index (Phi) is 6.42. The minimum absolute atomic E-state index is 0.00321. The fourth-order valence-electron chi connectivity index (χ4n) is 1.37. The van der Waals surface area contributed by atoms with Gasteiger partial charge in [-0.3, -0.25) is 9.59 Å². The number of carbonyl (C=O) groups is 3. The minimum atomic E-state index is -1.01. The molecule has 0 aliphatic carbocycles. The number of carbonyl (C=O) groups excluding carboxylic acids is 2. The fourth-order valence-corrected chi connectivity index (χ4v) is 1.37. The molecule has 0 rings (SSSR count). The van der Waals surface area contributed by atoms with Crippen molar-refractivity contribution < 1.29 is 28.7 Å². The van der Waals surface area contributed by atoms with Crippen molar-refractivity contribution in [3.05, 3.63) is 0 Å². The number of nitrogens with zero attached hydrogens (tertiary/aromatic N) is 1. The fraction of sp³-hybridized carbons (Fsp3) is 0.727. The van der Waals surface area contributed by atoms with Crippen molar-refractivity contribution >= 4 is 18.2 Å². The van der Waals surface area contributed by atoms with Crippen molar-refractivity contribution in [2.45, 2.75) is 25.4 Å². The third-order valence-corrected chi connectivity index (χ3v) is 1.92. The average molecular weight is 246 g/mol. The number of esters is 1. The van der Waals surface area contributed by atoms with E-state index in [9.17, 15) is 14.4 Å². The first-order valence-electron chi connectivity index (χ1n) is 5.40. The number of aldehydes is 1. The van der Waals surface area contributed by atoms with Gasteiger partial charge in [-0.05, 0) is 0 Å². The average Bonchev–Trinajstić information content (AvgIpc) is 2.10. The van der Waals surface area contributed by atoms with E-state index in [1.165, 1.54) is 0 Å². The predicted molar refractivity (Wildman–Crippen MR) is 60.3 cm³/mol. The van der Waals surface area contributed by atoms with Crippen molar-refractivity contribution in [3.63, 3.8) is 0 Å². The molecular formula is C11H20NO5+. The maximum atomic E-state index is 11.3. The molecular weight excluding hydrogens is 226 g/mol. The molecule has 0 fully saturated rings. The number of rotatable bonds is 8. The first-order chi connectivity index (χ1) is 7.74. The van der Waals surface area contributed by atoms with Crippen molar-refractivity contribution in [1.29, 1.82) is 0 Å². The lowest BCUT2D eigenvalue weighted by Gasteiger charge is -2.28. The summed E-state index contributed by atoms with van der Waals surface area (Å²) in [6, 6.07) is 0. The minimum Gasteiger partial charge on any atom is -0.481 e. The number of hydrogen-bond acceptors (Lipinski definition) is 4. The third-order valence-electron chi connectivity index (χ3n) is 1.92. The molecule has 1 atom stereocenters. The van der Waals surface area contributed by atoms with E-state index in [0.717, 1.165) is 0 Å². The largest absolute Gasteiger partial charge is 0.481 e. The molecule has 0 saturated heterocycles. The molecule has 0 spiro atoms. The lowest BCUT2D eigenvalue weighted by Crippen LogP contribution is -2.43. The van der Waals surface area contributed by atoms with E-state index < -0.39 is 18.0 Å². The molecule has 0 aliphatic heterocycles. The molecule has 0 radical (unpaired) electrons. The zero-order valence-corrected chi connectivity index (χ0v) is 10.5. The van der Waals surface area contributed by atoms with Crippen LogP contribution in [0.4, 0.5) is 0 Å². The first-order valence-corrected chi connectivity index (χ1v) is 5.40. The Hall–Kier alpha value is -1.43. The molecule has 6 nitrogen and oxygen atoms in total. The van der Waals surface area contributed by atoms with Gasteiger partial charge in [0.1, 0.15) is 12.8 Å². The topological polar surface area (TPSA) is 80.7 Å². The van der Waals surface area contributed by atoms with E-state index in [1.807, 2.05) is 21.1 Å². The van der Waals surface area contributed by atoms with Crippen molar-refractivity contribution in [1.82, 2.24) is 0 Å². The normalized spacial score (nSPS) is 12.9. The number of ether oxygens (including phenoxy) is 1. The summed E-state index contributed by atoms with van der Waals surface area (Å²) < 4.78 is 5.54. The van der Waals surface area contributed by atoms with Gasteiger partial charge >= 0.3 is 11.9 Å². The quantitative estimate of drug-likeness (QED) is 0.372. The lowest BCUT2D eigenvalue weighted by atomic mass is 10.2. The van der Waals surface area contributed by atoms with Gasteiger partial charge in [0.05, 0.1) is 34.0 Å². The summed E-state index contributed by atoms with van der Waals surface area (Å²) in [6.07, 6.45) is -0.151. The molecule has 6 heteroatoms. The monoisotopic (exact) mass is 246 g/mol. The van der Waals surface area contributed by atoms with Crippen molar-refractivity contribution in [2.24, 2.45) is 0 Å². The summed E-state index contributed by atoms with van der Waals surface area (Å²) in [5.74, 6) is -1.54. The van der Waals surface area contributed by atoms with E-state index in [0.29, 0.717) is 17.3 Å². The Bertz CT molecular complexity index is 282. The van der Waals surface area contributed by atoms with Crippen LogP contribution in [0, 0.1) is 0 Å². The highest BCUT2D eigenvalue weighted by atomic mass is 16.5. The zero-order chi connectivity index (χ0) is 13.5. The Morgan fingerprint density at radius 3 is 2.35 bits per heavy atom. The van der Waals surface area contributed by atoms with E-state index in [4.69, 9.17) is 9.84 Å². The number of carboxylic acids is 1. The highest BCUT2D eigenvalue weighted by Crippen LogP contribution is 2.06. The van der Waals surface area contributed by atoms with Crippen LogP contribution in [-0.2, 0) is 19.1 Å². The number of hydrogen-bond donors (Lipinski definition) is 1. The molecule has 0 saturated carbocycles. The maximum Gasteiger partial charge on any atom is 0.307 e. The van der Waals surface area contributed by atoms with Crippen LogP contribution in [0.25, 0.3) is 0 Å². The molecule has 1 N–H and O–H groups in total. The smallest absolute Gasteiger partial charge is 0.307 e. The summed E-state index contributed by atoms with van der Waals surface area (Å²) in [7, 11) is 5.65. The Morgan fingerprint density at radius 2 is 1.94 bits per heavy atom. The van der Waals surface area contributed by atoms with Gasteiger partial charge in [-0.25, -0.2) is 0 Å². The second-order valence-corrected chi connectivity index (χ2v) is 4.89. The van der Waals surface area contributed by atoms with Gasteiger partial charge in [0.25, 0.3) is 0 Å². The van der Waals surface area contributed by atoms with E-state index in [2.05, 4.69) is 0 Å². The highest BCUT2D eigenvalue weighted by molar-refractivity contribution is 5.73. The van der Waals surface area contributed by atoms with Gasteiger partial charge in [0.2, 0.25) is 0 Å². The molecule has 17 heavy (non-hydrogen) atoms. The standard InChI is InChI=1S/C11H19NO5/c1-12(2,3)8-9(7-10(14)15)17-11(16)5-4-6-13/h6,9H,4-5,7-8H2,1-3H3/p+1. The van der Waals surface area contributed by atoms with Crippen LogP contribution >= 0.6 is 0 Å². The molecule has 1 unspecified atom stereocenters. The summed E-state index contributed by atoms with van der Waals surface area (Å²) >= 11 is 0. The van der Waals surface area contributed by atoms with Gasteiger partial charge < -0.3 is 19.1 Å². The van der Waals surface area contributed by atoms with Crippen LogP contribution < -0.4 is 0 Å². The lowest BCUT2D eigenvalue weighted by molar-refractivity contribution is -0.873. The van der Waals surface area contributed by atoms with Crippen LogP contribution in [-0.4, -0.2) is 61.6 Å². The number of aliphatic carboxylic acids is 1. The van der Waals surface area contributed by atoms with Gasteiger partial charge in [-0.15, -0.1) is 0 Å². The van der Waals surface area contributed by atoms with Crippen molar-refractivity contribution in [2.75, 3.05) is 27.7 Å². The second kappa shape index (κ2) is 7.01. The number of quaternary nitrogens is 1. The van der Waals surface area contributed by atoms with E-state index in [1.54, 1.807) is 0 Å². The Morgan fingerprint density at radius 1 is 1.35 bits per heavy atom. The van der Waals surface area contributed by atoms with Crippen LogP contribution in [0.15, 0.2) is 0 Å².